The van der Waals surface area contributed by atoms with Crippen LogP contribution in [-0.2, 0) is 25.6 Å². The fraction of sp³-hybridized carbons (Fsp3) is 0.682. The number of carbonyl (C=O) groups is 2. The summed E-state index contributed by atoms with van der Waals surface area (Å²) >= 11 is 0. The van der Waals surface area contributed by atoms with Crippen molar-refractivity contribution >= 4 is 17.7 Å². The van der Waals surface area contributed by atoms with E-state index in [9.17, 15) is 14.9 Å². The summed E-state index contributed by atoms with van der Waals surface area (Å²) in [5, 5.41) is 12.6. The van der Waals surface area contributed by atoms with Crippen LogP contribution in [0.5, 0.6) is 0 Å². The van der Waals surface area contributed by atoms with Crippen LogP contribution in [-0.4, -0.2) is 60.3 Å². The molecule has 2 atom stereocenters. The SMILES string of the molecule is CCOC(=O)[C@@H]1CCCN(CC(=O)Nc2c(C#N)c(C)c(C)n2C[C@@H]2CCCO2)C1. The van der Waals surface area contributed by atoms with Gasteiger partial charge in [-0.2, -0.15) is 5.26 Å². The second-order valence-corrected chi connectivity index (χ2v) is 8.17. The van der Waals surface area contributed by atoms with Crippen LogP contribution in [0.15, 0.2) is 0 Å². The van der Waals surface area contributed by atoms with Gasteiger partial charge < -0.3 is 19.4 Å². The third-order valence-corrected chi connectivity index (χ3v) is 6.10. The Balaban J connectivity index is 1.69. The first-order valence-electron chi connectivity index (χ1n) is 10.8. The number of nitrogens with zero attached hydrogens (tertiary/aromatic N) is 3. The highest BCUT2D eigenvalue weighted by Gasteiger charge is 2.29. The zero-order valence-electron chi connectivity index (χ0n) is 18.2. The highest BCUT2D eigenvalue weighted by molar-refractivity contribution is 5.93. The molecule has 3 rings (SSSR count). The van der Waals surface area contributed by atoms with Gasteiger partial charge >= 0.3 is 5.97 Å². The van der Waals surface area contributed by atoms with Crippen molar-refractivity contribution in [3.8, 4) is 6.07 Å². The van der Waals surface area contributed by atoms with Crippen LogP contribution in [0.25, 0.3) is 0 Å². The summed E-state index contributed by atoms with van der Waals surface area (Å²) in [5.41, 5.74) is 2.35. The molecule has 30 heavy (non-hydrogen) atoms. The number of hydrogen-bond acceptors (Lipinski definition) is 6. The van der Waals surface area contributed by atoms with Crippen molar-refractivity contribution in [2.45, 2.75) is 59.1 Å². The molecule has 164 valence electrons. The van der Waals surface area contributed by atoms with Gasteiger partial charge in [-0.05, 0) is 58.6 Å². The number of piperidine rings is 1. The van der Waals surface area contributed by atoms with E-state index in [0.29, 0.717) is 31.1 Å². The summed E-state index contributed by atoms with van der Waals surface area (Å²) < 4.78 is 12.9. The van der Waals surface area contributed by atoms with Crippen LogP contribution in [0, 0.1) is 31.1 Å². The van der Waals surface area contributed by atoms with Crippen molar-refractivity contribution in [3.05, 3.63) is 16.8 Å². The van der Waals surface area contributed by atoms with Gasteiger partial charge in [0.1, 0.15) is 11.9 Å². The van der Waals surface area contributed by atoms with E-state index in [-0.39, 0.29) is 30.4 Å². The second kappa shape index (κ2) is 10.1. The van der Waals surface area contributed by atoms with Crippen LogP contribution in [0.1, 0.15) is 49.4 Å². The van der Waals surface area contributed by atoms with Crippen molar-refractivity contribution in [2.75, 3.05) is 38.2 Å². The quantitative estimate of drug-likeness (QED) is 0.686. The lowest BCUT2D eigenvalue weighted by molar-refractivity contribution is -0.150. The molecule has 1 aromatic heterocycles. The fourth-order valence-corrected chi connectivity index (χ4v) is 4.38. The van der Waals surface area contributed by atoms with E-state index in [1.54, 1.807) is 6.92 Å². The summed E-state index contributed by atoms with van der Waals surface area (Å²) in [6, 6.07) is 2.24. The first-order valence-corrected chi connectivity index (χ1v) is 10.8. The first-order chi connectivity index (χ1) is 14.4. The molecule has 0 aliphatic carbocycles. The van der Waals surface area contributed by atoms with E-state index < -0.39 is 0 Å². The Bertz CT molecular complexity index is 820. The van der Waals surface area contributed by atoms with E-state index in [1.165, 1.54) is 0 Å². The molecule has 0 saturated carbocycles. The van der Waals surface area contributed by atoms with Gasteiger partial charge in [-0.25, -0.2) is 0 Å². The minimum Gasteiger partial charge on any atom is -0.466 e. The average Bonchev–Trinajstić information content (AvgIpc) is 3.31. The average molecular weight is 417 g/mol. The Kier molecular flexibility index (Phi) is 7.51. The number of nitrogens with one attached hydrogen (secondary N) is 1. The molecule has 2 aliphatic rings. The lowest BCUT2D eigenvalue weighted by Gasteiger charge is -2.30. The topological polar surface area (TPSA) is 96.6 Å². The monoisotopic (exact) mass is 416 g/mol. The summed E-state index contributed by atoms with van der Waals surface area (Å²) in [4.78, 5) is 26.9. The molecule has 2 aliphatic heterocycles. The lowest BCUT2D eigenvalue weighted by Crippen LogP contribution is -2.43. The van der Waals surface area contributed by atoms with Crippen molar-refractivity contribution in [3.63, 3.8) is 0 Å². The van der Waals surface area contributed by atoms with E-state index in [1.807, 2.05) is 23.3 Å². The maximum Gasteiger partial charge on any atom is 0.310 e. The van der Waals surface area contributed by atoms with Gasteiger partial charge in [0, 0.05) is 18.8 Å². The molecular weight excluding hydrogens is 384 g/mol. The molecule has 0 bridgehead atoms. The summed E-state index contributed by atoms with van der Waals surface area (Å²) in [6.45, 7) is 8.90. The lowest BCUT2D eigenvalue weighted by atomic mass is 9.98. The molecule has 8 nitrogen and oxygen atoms in total. The second-order valence-electron chi connectivity index (χ2n) is 8.17. The number of anilines is 1. The minimum absolute atomic E-state index is 0.102. The van der Waals surface area contributed by atoms with Gasteiger partial charge in [0.2, 0.25) is 5.91 Å². The van der Waals surface area contributed by atoms with Crippen LogP contribution < -0.4 is 5.32 Å². The predicted octanol–water partition coefficient (Wildman–Crippen LogP) is 2.37. The van der Waals surface area contributed by atoms with Gasteiger partial charge in [0.15, 0.2) is 0 Å². The van der Waals surface area contributed by atoms with Crippen molar-refractivity contribution in [1.82, 2.24) is 9.47 Å². The molecule has 8 heteroatoms. The molecule has 2 fully saturated rings. The highest BCUT2D eigenvalue weighted by atomic mass is 16.5. The Hall–Kier alpha value is -2.37. The molecule has 3 heterocycles. The minimum atomic E-state index is -0.189. The number of amides is 1. The number of nitriles is 1. The smallest absolute Gasteiger partial charge is 0.310 e. The number of rotatable bonds is 7. The van der Waals surface area contributed by atoms with Gasteiger partial charge in [-0.15, -0.1) is 0 Å². The molecule has 0 spiro atoms. The van der Waals surface area contributed by atoms with Crippen molar-refractivity contribution in [1.29, 1.82) is 5.26 Å². The number of carbonyl (C=O) groups excluding carboxylic acids is 2. The number of aromatic nitrogens is 1. The number of likely N-dealkylation sites (tertiary alicyclic amines) is 1. The third-order valence-electron chi connectivity index (χ3n) is 6.10. The Labute approximate surface area is 178 Å². The zero-order chi connectivity index (χ0) is 21.7. The molecule has 0 unspecified atom stereocenters. The summed E-state index contributed by atoms with van der Waals surface area (Å²) in [5.74, 6) is -0.00542. The molecule has 1 aromatic rings. The maximum atomic E-state index is 12.8. The van der Waals surface area contributed by atoms with Gasteiger partial charge in [-0.3, -0.25) is 14.5 Å². The van der Waals surface area contributed by atoms with Gasteiger partial charge in [0.05, 0.1) is 37.3 Å². The highest BCUT2D eigenvalue weighted by Crippen LogP contribution is 2.28. The van der Waals surface area contributed by atoms with E-state index in [0.717, 1.165) is 50.1 Å². The standard InChI is InChI=1S/C22H32N4O4/c1-4-29-22(28)17-7-5-9-25(12-17)14-20(27)24-21-19(11-23)15(2)16(3)26(21)13-18-8-6-10-30-18/h17-18H,4-10,12-14H2,1-3H3,(H,24,27)/t17-,18+/m1/s1. The van der Waals surface area contributed by atoms with E-state index in [4.69, 9.17) is 9.47 Å². The van der Waals surface area contributed by atoms with Crippen LogP contribution in [0.2, 0.25) is 0 Å². The molecule has 2 saturated heterocycles. The predicted molar refractivity (Wildman–Crippen MR) is 112 cm³/mol. The molecule has 1 amide bonds. The molecule has 1 N–H and O–H groups in total. The van der Waals surface area contributed by atoms with Gasteiger partial charge in [-0.1, -0.05) is 0 Å². The largest absolute Gasteiger partial charge is 0.466 e. The molecule has 0 aromatic carbocycles. The van der Waals surface area contributed by atoms with E-state index >= 15 is 0 Å². The molecule has 0 radical (unpaired) electrons. The van der Waals surface area contributed by atoms with E-state index in [2.05, 4.69) is 11.4 Å². The Morgan fingerprint density at radius 1 is 1.30 bits per heavy atom. The first kappa shape index (κ1) is 22.3. The fourth-order valence-electron chi connectivity index (χ4n) is 4.38. The summed E-state index contributed by atoms with van der Waals surface area (Å²) in [6.07, 6.45) is 3.76. The van der Waals surface area contributed by atoms with Crippen LogP contribution >= 0.6 is 0 Å². The number of hydrogen-bond donors (Lipinski definition) is 1. The number of esters is 1. The normalized spacial score (nSPS) is 21.9. The van der Waals surface area contributed by atoms with Crippen molar-refractivity contribution < 1.29 is 19.1 Å². The summed E-state index contributed by atoms with van der Waals surface area (Å²) in [7, 11) is 0. The Morgan fingerprint density at radius 2 is 2.10 bits per heavy atom. The third kappa shape index (κ3) is 5.02. The van der Waals surface area contributed by atoms with Crippen molar-refractivity contribution in [2.24, 2.45) is 5.92 Å². The molecular formula is C22H32N4O4. The zero-order valence-corrected chi connectivity index (χ0v) is 18.2. The van der Waals surface area contributed by atoms with Crippen LogP contribution in [0.4, 0.5) is 5.82 Å². The van der Waals surface area contributed by atoms with Crippen LogP contribution in [0.3, 0.4) is 0 Å². The maximum absolute atomic E-state index is 12.8. The number of ether oxygens (including phenoxy) is 2. The Morgan fingerprint density at radius 3 is 2.77 bits per heavy atom. The van der Waals surface area contributed by atoms with Gasteiger partial charge in [0.25, 0.3) is 0 Å².